The molecule has 0 unspecified atom stereocenters. The molecule has 2 heterocycles. The Morgan fingerprint density at radius 1 is 1.29 bits per heavy atom. The lowest BCUT2D eigenvalue weighted by molar-refractivity contribution is 0.149. The van der Waals surface area contributed by atoms with E-state index in [1.165, 1.54) is 0 Å². The van der Waals surface area contributed by atoms with Gasteiger partial charge in [0.15, 0.2) is 0 Å². The van der Waals surface area contributed by atoms with Crippen molar-refractivity contribution in [3.05, 3.63) is 29.3 Å². The van der Waals surface area contributed by atoms with Crippen LogP contribution in [0, 0.1) is 0 Å². The first kappa shape index (κ1) is 17.1. The number of fused-ring (bicyclic) bond motifs is 1. The van der Waals surface area contributed by atoms with Crippen LogP contribution in [-0.4, -0.2) is 67.3 Å². The molecule has 6 nitrogen and oxygen atoms in total. The molecule has 0 saturated carbocycles. The van der Waals surface area contributed by atoms with E-state index in [4.69, 9.17) is 4.74 Å². The number of carbonyl (C=O) groups is 1. The van der Waals surface area contributed by atoms with Crippen LogP contribution in [0.15, 0.2) is 24.3 Å². The average Bonchev–Trinajstić information content (AvgIpc) is 2.87. The minimum absolute atomic E-state index is 0.00264. The lowest BCUT2D eigenvalue weighted by Gasteiger charge is -2.22. The topological polar surface area (TPSA) is 57.7 Å². The predicted octanol–water partition coefficient (Wildman–Crippen LogP) is 2.16. The van der Waals surface area contributed by atoms with Crippen molar-refractivity contribution in [1.29, 1.82) is 0 Å². The fourth-order valence-corrected chi connectivity index (χ4v) is 3.78. The third-order valence-corrected chi connectivity index (χ3v) is 5.25. The van der Waals surface area contributed by atoms with E-state index in [-0.39, 0.29) is 6.03 Å². The Labute approximate surface area is 146 Å². The summed E-state index contributed by atoms with van der Waals surface area (Å²) in [6.45, 7) is 5.64. The lowest BCUT2D eigenvalue weighted by atomic mass is 10.3. The number of benzene rings is 1. The minimum atomic E-state index is 0.00264. The maximum Gasteiger partial charge on any atom is 0.317 e. The summed E-state index contributed by atoms with van der Waals surface area (Å²) >= 11 is 1.63. The predicted molar refractivity (Wildman–Crippen MR) is 96.4 cm³/mol. The van der Waals surface area contributed by atoms with Crippen molar-refractivity contribution in [2.75, 3.05) is 46.4 Å². The van der Waals surface area contributed by atoms with Crippen LogP contribution in [0.4, 0.5) is 4.79 Å². The van der Waals surface area contributed by atoms with Gasteiger partial charge in [-0.15, -0.1) is 11.3 Å². The molecule has 1 saturated heterocycles. The third kappa shape index (κ3) is 4.43. The second-order valence-corrected chi connectivity index (χ2v) is 7.02. The van der Waals surface area contributed by atoms with Crippen molar-refractivity contribution in [2.24, 2.45) is 0 Å². The van der Waals surface area contributed by atoms with Crippen LogP contribution in [0.5, 0.6) is 0 Å². The standard InChI is InChI=1S/C17H24N4O2S/c1-23-12-11-20-7-4-8-21(10-9-20)17(22)18-13-16-19-14-5-2-3-6-15(14)24-16/h2-3,5-6H,4,7-13H2,1H3,(H,18,22). The van der Waals surface area contributed by atoms with E-state index in [9.17, 15) is 4.79 Å². The van der Waals surface area contributed by atoms with E-state index in [0.717, 1.165) is 61.0 Å². The van der Waals surface area contributed by atoms with Crippen molar-refractivity contribution in [3.63, 3.8) is 0 Å². The van der Waals surface area contributed by atoms with Crippen LogP contribution >= 0.6 is 11.3 Å². The number of para-hydroxylation sites is 1. The number of nitrogens with zero attached hydrogens (tertiary/aromatic N) is 3. The number of thiazole rings is 1. The van der Waals surface area contributed by atoms with Crippen LogP contribution in [0.2, 0.25) is 0 Å². The van der Waals surface area contributed by atoms with Gasteiger partial charge in [0.2, 0.25) is 0 Å². The summed E-state index contributed by atoms with van der Waals surface area (Å²) in [4.78, 5) is 21.2. The largest absolute Gasteiger partial charge is 0.383 e. The molecule has 130 valence electrons. The van der Waals surface area contributed by atoms with Gasteiger partial charge in [-0.25, -0.2) is 9.78 Å². The molecular formula is C17H24N4O2S. The summed E-state index contributed by atoms with van der Waals surface area (Å²) in [6.07, 6.45) is 0.998. The molecule has 2 amide bonds. The SMILES string of the molecule is COCCN1CCCN(C(=O)NCc2nc3ccccc3s2)CC1. The summed E-state index contributed by atoms with van der Waals surface area (Å²) in [5.41, 5.74) is 0.996. The molecular weight excluding hydrogens is 324 g/mol. The van der Waals surface area contributed by atoms with Gasteiger partial charge < -0.3 is 15.0 Å². The van der Waals surface area contributed by atoms with Crippen LogP contribution < -0.4 is 5.32 Å². The van der Waals surface area contributed by atoms with Gasteiger partial charge in [0.1, 0.15) is 5.01 Å². The van der Waals surface area contributed by atoms with Gasteiger partial charge in [-0.1, -0.05) is 12.1 Å². The number of carbonyl (C=O) groups excluding carboxylic acids is 1. The molecule has 1 fully saturated rings. The maximum absolute atomic E-state index is 12.4. The minimum Gasteiger partial charge on any atom is -0.383 e. The molecule has 1 aliphatic heterocycles. The zero-order chi connectivity index (χ0) is 16.8. The highest BCUT2D eigenvalue weighted by atomic mass is 32.1. The highest BCUT2D eigenvalue weighted by molar-refractivity contribution is 7.18. The Bertz CT molecular complexity index is 642. The summed E-state index contributed by atoms with van der Waals surface area (Å²) in [5, 5.41) is 3.95. The third-order valence-electron chi connectivity index (χ3n) is 4.22. The quantitative estimate of drug-likeness (QED) is 0.900. The Morgan fingerprint density at radius 2 is 2.17 bits per heavy atom. The molecule has 1 aromatic carbocycles. The zero-order valence-electron chi connectivity index (χ0n) is 14.0. The summed E-state index contributed by atoms with van der Waals surface area (Å²) in [5.74, 6) is 0. The number of rotatable bonds is 5. The van der Waals surface area contributed by atoms with Gasteiger partial charge >= 0.3 is 6.03 Å². The van der Waals surface area contributed by atoms with Gasteiger partial charge in [-0.05, 0) is 25.1 Å². The number of urea groups is 1. The van der Waals surface area contributed by atoms with Gasteiger partial charge in [0.25, 0.3) is 0 Å². The molecule has 2 aromatic rings. The molecule has 0 aliphatic carbocycles. The van der Waals surface area contributed by atoms with Crippen molar-refractivity contribution >= 4 is 27.6 Å². The molecule has 0 spiro atoms. The molecule has 0 bridgehead atoms. The summed E-state index contributed by atoms with van der Waals surface area (Å²) in [6, 6.07) is 8.05. The Balaban J connectivity index is 1.49. The van der Waals surface area contributed by atoms with E-state index in [0.29, 0.717) is 6.54 Å². The van der Waals surface area contributed by atoms with Crippen molar-refractivity contribution in [3.8, 4) is 0 Å². The van der Waals surface area contributed by atoms with E-state index in [1.54, 1.807) is 18.4 Å². The molecule has 24 heavy (non-hydrogen) atoms. The maximum atomic E-state index is 12.4. The Hall–Kier alpha value is -1.70. The van der Waals surface area contributed by atoms with Crippen molar-refractivity contribution in [1.82, 2.24) is 20.1 Å². The van der Waals surface area contributed by atoms with Crippen LogP contribution in [-0.2, 0) is 11.3 Å². The number of ether oxygens (including phenoxy) is 1. The average molecular weight is 348 g/mol. The Kier molecular flexibility index (Phi) is 6.01. The van der Waals surface area contributed by atoms with E-state index in [1.807, 2.05) is 23.1 Å². The van der Waals surface area contributed by atoms with E-state index in [2.05, 4.69) is 21.3 Å². The first-order chi connectivity index (χ1) is 11.8. The zero-order valence-corrected chi connectivity index (χ0v) is 14.8. The van der Waals surface area contributed by atoms with E-state index < -0.39 is 0 Å². The van der Waals surface area contributed by atoms with Gasteiger partial charge in [-0.2, -0.15) is 0 Å². The second-order valence-electron chi connectivity index (χ2n) is 5.91. The smallest absolute Gasteiger partial charge is 0.317 e. The number of aromatic nitrogens is 1. The molecule has 1 N–H and O–H groups in total. The Morgan fingerprint density at radius 3 is 3.00 bits per heavy atom. The number of amides is 2. The first-order valence-corrected chi connectivity index (χ1v) is 9.16. The highest BCUT2D eigenvalue weighted by Gasteiger charge is 2.19. The highest BCUT2D eigenvalue weighted by Crippen LogP contribution is 2.21. The molecule has 0 atom stereocenters. The second kappa shape index (κ2) is 8.41. The summed E-state index contributed by atoms with van der Waals surface area (Å²) in [7, 11) is 1.72. The van der Waals surface area contributed by atoms with E-state index >= 15 is 0 Å². The van der Waals surface area contributed by atoms with Crippen LogP contribution in [0.25, 0.3) is 10.2 Å². The van der Waals surface area contributed by atoms with Crippen molar-refractivity contribution in [2.45, 2.75) is 13.0 Å². The monoisotopic (exact) mass is 348 g/mol. The van der Waals surface area contributed by atoms with Gasteiger partial charge in [0, 0.05) is 33.3 Å². The fraction of sp³-hybridized carbons (Fsp3) is 0.529. The molecule has 7 heteroatoms. The normalized spacial score (nSPS) is 16.3. The van der Waals surface area contributed by atoms with Crippen LogP contribution in [0.3, 0.4) is 0 Å². The fourth-order valence-electron chi connectivity index (χ4n) is 2.88. The van der Waals surface area contributed by atoms with Gasteiger partial charge in [0.05, 0.1) is 23.4 Å². The number of hydrogen-bond acceptors (Lipinski definition) is 5. The lowest BCUT2D eigenvalue weighted by Crippen LogP contribution is -2.42. The molecule has 3 rings (SSSR count). The number of methoxy groups -OCH3 is 1. The molecule has 1 aliphatic rings. The van der Waals surface area contributed by atoms with Crippen LogP contribution in [0.1, 0.15) is 11.4 Å². The number of hydrogen-bond donors (Lipinski definition) is 1. The molecule has 0 radical (unpaired) electrons. The van der Waals surface area contributed by atoms with Crippen molar-refractivity contribution < 1.29 is 9.53 Å². The van der Waals surface area contributed by atoms with Gasteiger partial charge in [-0.3, -0.25) is 4.90 Å². The number of nitrogens with one attached hydrogen (secondary N) is 1. The summed E-state index contributed by atoms with van der Waals surface area (Å²) < 4.78 is 6.29. The molecule has 1 aromatic heterocycles. The first-order valence-electron chi connectivity index (χ1n) is 8.35.